The molecular formula is C14H10BrClO3S. The van der Waals surface area contributed by atoms with Crippen LogP contribution in [0.2, 0.25) is 5.02 Å². The van der Waals surface area contributed by atoms with Gasteiger partial charge >= 0.3 is 5.97 Å². The molecule has 0 aliphatic rings. The van der Waals surface area contributed by atoms with Crippen LogP contribution in [0, 0.1) is 0 Å². The van der Waals surface area contributed by atoms with Crippen LogP contribution in [0.15, 0.2) is 40.2 Å². The molecule has 1 heterocycles. The van der Waals surface area contributed by atoms with Gasteiger partial charge in [0, 0.05) is 21.5 Å². The van der Waals surface area contributed by atoms with E-state index >= 15 is 0 Å². The lowest BCUT2D eigenvalue weighted by Gasteiger charge is -2.08. The maximum Gasteiger partial charge on any atom is 0.328 e. The van der Waals surface area contributed by atoms with E-state index in [4.69, 9.17) is 21.4 Å². The van der Waals surface area contributed by atoms with Crippen LogP contribution in [0.25, 0.3) is 6.08 Å². The topological polar surface area (TPSA) is 46.5 Å². The van der Waals surface area contributed by atoms with E-state index in [0.717, 1.165) is 14.7 Å². The summed E-state index contributed by atoms with van der Waals surface area (Å²) in [5.41, 5.74) is 0.635. The summed E-state index contributed by atoms with van der Waals surface area (Å²) in [4.78, 5) is 11.7. The van der Waals surface area contributed by atoms with E-state index in [-0.39, 0.29) is 0 Å². The smallest absolute Gasteiger partial charge is 0.328 e. The zero-order valence-corrected chi connectivity index (χ0v) is 13.3. The van der Waals surface area contributed by atoms with Crippen LogP contribution in [0.5, 0.6) is 5.75 Å². The Morgan fingerprint density at radius 2 is 2.20 bits per heavy atom. The predicted molar refractivity (Wildman–Crippen MR) is 84.5 cm³/mol. The highest BCUT2D eigenvalue weighted by Crippen LogP contribution is 2.27. The number of carboxylic acid groups (broad SMARTS) is 1. The van der Waals surface area contributed by atoms with E-state index in [1.807, 2.05) is 12.1 Å². The Labute approximate surface area is 133 Å². The number of rotatable bonds is 5. The number of carboxylic acids is 1. The highest BCUT2D eigenvalue weighted by molar-refractivity contribution is 9.11. The van der Waals surface area contributed by atoms with Crippen LogP contribution in [0.3, 0.4) is 0 Å². The monoisotopic (exact) mass is 372 g/mol. The molecule has 3 nitrogen and oxygen atoms in total. The summed E-state index contributed by atoms with van der Waals surface area (Å²) in [6.45, 7) is 0.422. The zero-order valence-electron chi connectivity index (χ0n) is 10.2. The Bertz CT molecular complexity index is 652. The van der Waals surface area contributed by atoms with Crippen molar-refractivity contribution in [2.45, 2.75) is 6.61 Å². The van der Waals surface area contributed by atoms with Crippen molar-refractivity contribution >= 4 is 50.9 Å². The van der Waals surface area contributed by atoms with Crippen molar-refractivity contribution in [3.8, 4) is 5.75 Å². The van der Waals surface area contributed by atoms with Crippen LogP contribution in [0.4, 0.5) is 0 Å². The summed E-state index contributed by atoms with van der Waals surface area (Å²) in [5, 5.41) is 9.21. The van der Waals surface area contributed by atoms with E-state index in [1.165, 1.54) is 6.08 Å². The van der Waals surface area contributed by atoms with Gasteiger partial charge in [-0.15, -0.1) is 11.3 Å². The van der Waals surface area contributed by atoms with Gasteiger partial charge in [0.1, 0.15) is 12.4 Å². The maximum atomic E-state index is 10.6. The Balaban J connectivity index is 2.15. The van der Waals surface area contributed by atoms with Crippen LogP contribution < -0.4 is 4.74 Å². The number of hydrogen-bond acceptors (Lipinski definition) is 3. The lowest BCUT2D eigenvalue weighted by atomic mass is 10.2. The molecule has 0 unspecified atom stereocenters. The third-order valence-electron chi connectivity index (χ3n) is 2.38. The Morgan fingerprint density at radius 1 is 1.40 bits per heavy atom. The first-order valence-electron chi connectivity index (χ1n) is 5.62. The van der Waals surface area contributed by atoms with Gasteiger partial charge in [-0.2, -0.15) is 0 Å². The summed E-state index contributed by atoms with van der Waals surface area (Å²) in [5.74, 6) is -0.422. The van der Waals surface area contributed by atoms with E-state index < -0.39 is 5.97 Å². The van der Waals surface area contributed by atoms with Gasteiger partial charge in [0.2, 0.25) is 0 Å². The van der Waals surface area contributed by atoms with E-state index in [9.17, 15) is 4.79 Å². The number of halogens is 2. The summed E-state index contributed by atoms with van der Waals surface area (Å²) < 4.78 is 6.75. The second kappa shape index (κ2) is 6.92. The van der Waals surface area contributed by atoms with E-state index in [1.54, 1.807) is 29.5 Å². The first kappa shape index (κ1) is 15.1. The largest absolute Gasteiger partial charge is 0.487 e. The minimum Gasteiger partial charge on any atom is -0.487 e. The van der Waals surface area contributed by atoms with Gasteiger partial charge in [0.15, 0.2) is 0 Å². The number of hydrogen-bond donors (Lipinski definition) is 1. The molecule has 1 aromatic carbocycles. The minimum atomic E-state index is -1.02. The van der Waals surface area contributed by atoms with Crippen molar-refractivity contribution in [2.24, 2.45) is 0 Å². The molecule has 0 saturated carbocycles. The third kappa shape index (κ3) is 4.37. The lowest BCUT2D eigenvalue weighted by Crippen LogP contribution is -1.95. The Morgan fingerprint density at radius 3 is 2.85 bits per heavy atom. The third-order valence-corrected chi connectivity index (χ3v) is 4.21. The second-order valence-corrected chi connectivity index (χ2v) is 6.83. The molecule has 0 atom stereocenters. The summed E-state index contributed by atoms with van der Waals surface area (Å²) >= 11 is 10.9. The van der Waals surface area contributed by atoms with Gasteiger partial charge in [0.05, 0.1) is 3.79 Å². The molecule has 0 saturated heterocycles. The molecule has 1 aromatic heterocycles. The maximum absolute atomic E-state index is 10.6. The quantitative estimate of drug-likeness (QED) is 0.763. The van der Waals surface area contributed by atoms with Crippen molar-refractivity contribution in [2.75, 3.05) is 0 Å². The molecule has 0 bridgehead atoms. The van der Waals surface area contributed by atoms with Gasteiger partial charge in [-0.05, 0) is 52.3 Å². The second-order valence-electron chi connectivity index (χ2n) is 3.85. The molecular weight excluding hydrogens is 364 g/mol. The van der Waals surface area contributed by atoms with Gasteiger partial charge in [-0.3, -0.25) is 0 Å². The molecule has 1 N–H and O–H groups in total. The highest BCUT2D eigenvalue weighted by Gasteiger charge is 2.05. The number of ether oxygens (including phenoxy) is 1. The van der Waals surface area contributed by atoms with Crippen molar-refractivity contribution in [3.05, 3.63) is 55.7 Å². The first-order chi connectivity index (χ1) is 9.54. The minimum absolute atomic E-state index is 0.422. The fraction of sp³-hybridized carbons (Fsp3) is 0.0714. The Kier molecular flexibility index (Phi) is 5.23. The van der Waals surface area contributed by atoms with Crippen molar-refractivity contribution in [1.29, 1.82) is 0 Å². The van der Waals surface area contributed by atoms with Crippen LogP contribution in [0.1, 0.15) is 10.4 Å². The SMILES string of the molecule is O=C(O)/C=C/c1cc(Cl)ccc1OCc1ccc(Br)s1. The predicted octanol–water partition coefficient (Wildman–Crippen LogP) is 4.84. The molecule has 104 valence electrons. The standard InChI is InChI=1S/C14H10BrClO3S/c15-13-5-3-11(20-13)8-19-12-4-2-10(16)7-9(12)1-6-14(17)18/h1-7H,8H2,(H,17,18)/b6-1+. The summed E-state index contributed by atoms with van der Waals surface area (Å²) in [6, 6.07) is 9.03. The Hall–Kier alpha value is -1.30. The number of aliphatic carboxylic acids is 1. The van der Waals surface area contributed by atoms with Crippen LogP contribution >= 0.6 is 38.9 Å². The molecule has 0 amide bonds. The van der Waals surface area contributed by atoms with Crippen LogP contribution in [-0.4, -0.2) is 11.1 Å². The molecule has 0 fully saturated rings. The summed E-state index contributed by atoms with van der Waals surface area (Å²) in [6.07, 6.45) is 2.52. The lowest BCUT2D eigenvalue weighted by molar-refractivity contribution is -0.131. The fourth-order valence-electron chi connectivity index (χ4n) is 1.52. The van der Waals surface area contributed by atoms with Crippen molar-refractivity contribution in [1.82, 2.24) is 0 Å². The molecule has 6 heteroatoms. The van der Waals surface area contributed by atoms with Crippen molar-refractivity contribution < 1.29 is 14.6 Å². The molecule has 2 aromatic rings. The molecule has 0 aliphatic carbocycles. The van der Waals surface area contributed by atoms with E-state index in [0.29, 0.717) is 22.9 Å². The van der Waals surface area contributed by atoms with Crippen molar-refractivity contribution in [3.63, 3.8) is 0 Å². The molecule has 2 rings (SSSR count). The van der Waals surface area contributed by atoms with Gasteiger partial charge in [0.25, 0.3) is 0 Å². The van der Waals surface area contributed by atoms with Gasteiger partial charge in [-0.25, -0.2) is 4.79 Å². The normalized spacial score (nSPS) is 10.9. The van der Waals surface area contributed by atoms with Gasteiger partial charge < -0.3 is 9.84 Å². The number of thiophene rings is 1. The average Bonchev–Trinajstić information content (AvgIpc) is 2.81. The van der Waals surface area contributed by atoms with E-state index in [2.05, 4.69) is 15.9 Å². The molecule has 0 radical (unpaired) electrons. The molecule has 0 aliphatic heterocycles. The average molecular weight is 374 g/mol. The summed E-state index contributed by atoms with van der Waals surface area (Å²) in [7, 11) is 0. The van der Waals surface area contributed by atoms with Gasteiger partial charge in [-0.1, -0.05) is 11.6 Å². The van der Waals surface area contributed by atoms with Crippen LogP contribution in [-0.2, 0) is 11.4 Å². The highest BCUT2D eigenvalue weighted by atomic mass is 79.9. The number of benzene rings is 1. The zero-order chi connectivity index (χ0) is 14.5. The number of carbonyl (C=O) groups is 1. The fourth-order valence-corrected chi connectivity index (χ4v) is 3.10. The molecule has 20 heavy (non-hydrogen) atoms. The molecule has 0 spiro atoms. The first-order valence-corrected chi connectivity index (χ1v) is 7.61.